The van der Waals surface area contributed by atoms with Gasteiger partial charge in [-0.1, -0.05) is 24.6 Å². The van der Waals surface area contributed by atoms with Crippen LogP contribution in [0.2, 0.25) is 0 Å². The van der Waals surface area contributed by atoms with Crippen LogP contribution in [-0.2, 0) is 5.41 Å². The molecule has 1 heterocycles. The van der Waals surface area contributed by atoms with Crippen molar-refractivity contribution in [1.82, 2.24) is 4.98 Å². The Morgan fingerprint density at radius 1 is 1.25 bits per heavy atom. The molecular formula is C14H18N2. The lowest BCUT2D eigenvalue weighted by atomic mass is 9.62. The average molecular weight is 214 g/mol. The number of H-pyrrole nitrogens is 1. The van der Waals surface area contributed by atoms with Crippen molar-refractivity contribution in [3.8, 4) is 0 Å². The van der Waals surface area contributed by atoms with Crippen LogP contribution in [0, 0.1) is 0 Å². The summed E-state index contributed by atoms with van der Waals surface area (Å²) in [4.78, 5) is 3.38. The van der Waals surface area contributed by atoms with Crippen molar-refractivity contribution in [3.05, 3.63) is 36.0 Å². The molecule has 0 atom stereocenters. The minimum absolute atomic E-state index is 0.369. The van der Waals surface area contributed by atoms with Crippen molar-refractivity contribution >= 4 is 10.9 Å². The number of benzene rings is 1. The molecule has 2 heteroatoms. The molecule has 1 saturated carbocycles. The van der Waals surface area contributed by atoms with Crippen molar-refractivity contribution < 1.29 is 0 Å². The molecule has 2 aromatic rings. The smallest absolute Gasteiger partial charge is 0.0457 e. The van der Waals surface area contributed by atoms with Crippen LogP contribution < -0.4 is 5.73 Å². The number of aromatic nitrogens is 1. The number of hydrogen-bond acceptors (Lipinski definition) is 1. The largest absolute Gasteiger partial charge is 0.361 e. The SMILES string of the molecule is NCCC1(c2c[nH]c3ccccc23)CCC1. The molecule has 0 radical (unpaired) electrons. The highest BCUT2D eigenvalue weighted by Gasteiger charge is 2.39. The van der Waals surface area contributed by atoms with Crippen LogP contribution in [0.5, 0.6) is 0 Å². The predicted octanol–water partition coefficient (Wildman–Crippen LogP) is 2.94. The molecule has 0 spiro atoms. The predicted molar refractivity (Wildman–Crippen MR) is 67.5 cm³/mol. The molecule has 3 rings (SSSR count). The highest BCUT2D eigenvalue weighted by molar-refractivity contribution is 5.84. The van der Waals surface area contributed by atoms with Crippen LogP contribution in [0.3, 0.4) is 0 Å². The zero-order valence-corrected chi connectivity index (χ0v) is 9.50. The van der Waals surface area contributed by atoms with Crippen LogP contribution in [0.1, 0.15) is 31.2 Å². The molecule has 1 aromatic heterocycles. The summed E-state index contributed by atoms with van der Waals surface area (Å²) in [6.45, 7) is 0.791. The normalized spacial score (nSPS) is 18.6. The van der Waals surface area contributed by atoms with E-state index < -0.39 is 0 Å². The first-order valence-electron chi connectivity index (χ1n) is 6.12. The van der Waals surface area contributed by atoms with E-state index in [0.717, 1.165) is 13.0 Å². The molecule has 1 fully saturated rings. The van der Waals surface area contributed by atoms with Gasteiger partial charge in [0, 0.05) is 17.1 Å². The summed E-state index contributed by atoms with van der Waals surface area (Å²) in [5, 5.41) is 1.38. The minimum Gasteiger partial charge on any atom is -0.361 e. The summed E-state index contributed by atoms with van der Waals surface area (Å²) < 4.78 is 0. The fourth-order valence-electron chi connectivity index (χ4n) is 3.04. The monoisotopic (exact) mass is 214 g/mol. The zero-order valence-electron chi connectivity index (χ0n) is 9.50. The van der Waals surface area contributed by atoms with Gasteiger partial charge >= 0.3 is 0 Å². The van der Waals surface area contributed by atoms with E-state index in [-0.39, 0.29) is 0 Å². The van der Waals surface area contributed by atoms with E-state index in [9.17, 15) is 0 Å². The second kappa shape index (κ2) is 3.63. The van der Waals surface area contributed by atoms with E-state index in [1.54, 1.807) is 0 Å². The number of nitrogens with two attached hydrogens (primary N) is 1. The third-order valence-corrected chi connectivity index (χ3v) is 4.09. The molecule has 84 valence electrons. The Morgan fingerprint density at radius 2 is 2.06 bits per heavy atom. The Balaban J connectivity index is 2.10. The van der Waals surface area contributed by atoms with Gasteiger partial charge in [0.05, 0.1) is 0 Å². The highest BCUT2D eigenvalue weighted by Crippen LogP contribution is 2.48. The maximum absolute atomic E-state index is 5.76. The van der Waals surface area contributed by atoms with Gasteiger partial charge in [0.1, 0.15) is 0 Å². The van der Waals surface area contributed by atoms with Gasteiger partial charge in [-0.15, -0.1) is 0 Å². The molecule has 0 saturated heterocycles. The summed E-state index contributed by atoms with van der Waals surface area (Å²) in [5.41, 5.74) is 8.87. The summed E-state index contributed by atoms with van der Waals surface area (Å²) in [6.07, 6.45) is 7.26. The quantitative estimate of drug-likeness (QED) is 0.810. The average Bonchev–Trinajstić information content (AvgIpc) is 2.68. The number of hydrogen-bond donors (Lipinski definition) is 2. The molecule has 1 aliphatic carbocycles. The Morgan fingerprint density at radius 3 is 2.75 bits per heavy atom. The van der Waals surface area contributed by atoms with E-state index in [0.29, 0.717) is 5.41 Å². The van der Waals surface area contributed by atoms with Crippen molar-refractivity contribution in [2.75, 3.05) is 6.54 Å². The van der Waals surface area contributed by atoms with Gasteiger partial charge in [0.15, 0.2) is 0 Å². The first-order chi connectivity index (χ1) is 7.86. The molecular weight excluding hydrogens is 196 g/mol. The standard InChI is InChI=1S/C14H18N2/c15-9-8-14(6-3-7-14)12-10-16-13-5-2-1-4-11(12)13/h1-2,4-5,10,16H,3,6-9,15H2. The van der Waals surface area contributed by atoms with Gasteiger partial charge in [0.2, 0.25) is 0 Å². The van der Waals surface area contributed by atoms with Gasteiger partial charge in [-0.2, -0.15) is 0 Å². The first-order valence-corrected chi connectivity index (χ1v) is 6.12. The van der Waals surface area contributed by atoms with E-state index in [2.05, 4.69) is 35.4 Å². The van der Waals surface area contributed by atoms with E-state index in [1.807, 2.05) is 0 Å². The van der Waals surface area contributed by atoms with Gasteiger partial charge in [-0.05, 0) is 42.9 Å². The molecule has 0 bridgehead atoms. The number of aromatic amines is 1. The first kappa shape index (κ1) is 9.91. The summed E-state index contributed by atoms with van der Waals surface area (Å²) >= 11 is 0. The fourth-order valence-corrected chi connectivity index (χ4v) is 3.04. The van der Waals surface area contributed by atoms with E-state index >= 15 is 0 Å². The van der Waals surface area contributed by atoms with Gasteiger partial charge in [0.25, 0.3) is 0 Å². The number of fused-ring (bicyclic) bond motifs is 1. The number of rotatable bonds is 3. The van der Waals surface area contributed by atoms with Gasteiger partial charge in [-0.25, -0.2) is 0 Å². The van der Waals surface area contributed by atoms with E-state index in [1.165, 1.54) is 35.7 Å². The highest BCUT2D eigenvalue weighted by atomic mass is 14.7. The maximum Gasteiger partial charge on any atom is 0.0457 e. The summed E-state index contributed by atoms with van der Waals surface area (Å²) in [6, 6.07) is 8.57. The van der Waals surface area contributed by atoms with Gasteiger partial charge in [-0.3, -0.25) is 0 Å². The summed E-state index contributed by atoms with van der Waals surface area (Å²) in [7, 11) is 0. The molecule has 0 aliphatic heterocycles. The van der Waals surface area contributed by atoms with Gasteiger partial charge < -0.3 is 10.7 Å². The minimum atomic E-state index is 0.369. The zero-order chi connectivity index (χ0) is 11.0. The maximum atomic E-state index is 5.76. The molecule has 1 aliphatic rings. The van der Waals surface area contributed by atoms with Crippen LogP contribution in [-0.4, -0.2) is 11.5 Å². The molecule has 0 amide bonds. The summed E-state index contributed by atoms with van der Waals surface area (Å²) in [5.74, 6) is 0. The lowest BCUT2D eigenvalue weighted by Gasteiger charge is -2.42. The molecule has 2 nitrogen and oxygen atoms in total. The van der Waals surface area contributed by atoms with Crippen molar-refractivity contribution in [2.45, 2.75) is 31.1 Å². The van der Waals surface area contributed by atoms with Crippen molar-refractivity contribution in [3.63, 3.8) is 0 Å². The van der Waals surface area contributed by atoms with Crippen molar-refractivity contribution in [2.24, 2.45) is 5.73 Å². The topological polar surface area (TPSA) is 41.8 Å². The van der Waals surface area contributed by atoms with Crippen LogP contribution >= 0.6 is 0 Å². The number of para-hydroxylation sites is 1. The Hall–Kier alpha value is -1.28. The third kappa shape index (κ3) is 1.30. The second-order valence-electron chi connectivity index (χ2n) is 4.92. The second-order valence-corrected chi connectivity index (χ2v) is 4.92. The fraction of sp³-hybridized carbons (Fsp3) is 0.429. The Bertz CT molecular complexity index is 494. The van der Waals surface area contributed by atoms with Crippen LogP contribution in [0.4, 0.5) is 0 Å². The Labute approximate surface area is 95.8 Å². The lowest BCUT2D eigenvalue weighted by Crippen LogP contribution is -2.36. The van der Waals surface area contributed by atoms with Crippen molar-refractivity contribution in [1.29, 1.82) is 0 Å². The molecule has 0 unspecified atom stereocenters. The number of nitrogens with one attached hydrogen (secondary N) is 1. The van der Waals surface area contributed by atoms with Crippen LogP contribution in [0.15, 0.2) is 30.5 Å². The third-order valence-electron chi connectivity index (χ3n) is 4.09. The van der Waals surface area contributed by atoms with E-state index in [4.69, 9.17) is 5.73 Å². The van der Waals surface area contributed by atoms with Crippen LogP contribution in [0.25, 0.3) is 10.9 Å². The molecule has 16 heavy (non-hydrogen) atoms. The Kier molecular flexibility index (Phi) is 2.25. The molecule has 1 aromatic carbocycles. The lowest BCUT2D eigenvalue weighted by molar-refractivity contribution is 0.231. The molecule has 3 N–H and O–H groups in total.